The van der Waals surface area contributed by atoms with Gasteiger partial charge in [-0.3, -0.25) is 0 Å². The Balaban J connectivity index is 1.78. The van der Waals surface area contributed by atoms with Gasteiger partial charge in [0.2, 0.25) is 5.69 Å². The van der Waals surface area contributed by atoms with Crippen molar-refractivity contribution in [2.45, 2.75) is 71.1 Å². The van der Waals surface area contributed by atoms with Crippen LogP contribution in [0.1, 0.15) is 56.9 Å². The molecule has 0 aliphatic carbocycles. The molecule has 0 atom stereocenters. The van der Waals surface area contributed by atoms with Gasteiger partial charge in [-0.2, -0.15) is 0 Å². The summed E-state index contributed by atoms with van der Waals surface area (Å²) in [5.74, 6) is 0.631. The fraction of sp³-hybridized carbons (Fsp3) is 0.343. The first-order valence-electron chi connectivity index (χ1n) is 13.6. The zero-order valence-corrected chi connectivity index (χ0v) is 24.4. The molecule has 2 heterocycles. The maximum atomic E-state index is 2.50. The van der Waals surface area contributed by atoms with Crippen LogP contribution >= 0.6 is 11.8 Å². The topological polar surface area (TPSA) is 3.88 Å². The van der Waals surface area contributed by atoms with Crippen molar-refractivity contribution in [1.29, 1.82) is 0 Å². The highest BCUT2D eigenvalue weighted by atomic mass is 32.2. The van der Waals surface area contributed by atoms with E-state index < -0.39 is 0 Å². The molecule has 0 radical (unpaired) electrons. The third kappa shape index (κ3) is 3.96. The summed E-state index contributed by atoms with van der Waals surface area (Å²) in [6, 6.07) is 18.8. The molecule has 0 spiro atoms. The van der Waals surface area contributed by atoms with Gasteiger partial charge in [0.05, 0.1) is 10.9 Å². The van der Waals surface area contributed by atoms with Crippen molar-refractivity contribution in [2.24, 2.45) is 18.4 Å². The van der Waals surface area contributed by atoms with Gasteiger partial charge in [0, 0.05) is 21.2 Å². The van der Waals surface area contributed by atoms with Crippen LogP contribution in [-0.4, -0.2) is 0 Å². The second kappa shape index (κ2) is 8.60. The first-order chi connectivity index (χ1) is 17.5. The summed E-state index contributed by atoms with van der Waals surface area (Å²) in [6.45, 7) is 16.3. The van der Waals surface area contributed by atoms with Gasteiger partial charge in [0.25, 0.3) is 0 Å². The molecular weight excluding hydrogens is 466 g/mol. The zero-order chi connectivity index (χ0) is 26.2. The molecule has 1 aliphatic rings. The zero-order valence-electron chi connectivity index (χ0n) is 23.5. The molecule has 188 valence electrons. The highest BCUT2D eigenvalue weighted by Gasteiger charge is 2.33. The van der Waals surface area contributed by atoms with E-state index in [1.165, 1.54) is 75.6 Å². The van der Waals surface area contributed by atoms with Crippen molar-refractivity contribution in [3.8, 4) is 11.3 Å². The van der Waals surface area contributed by atoms with Crippen LogP contribution in [0.5, 0.6) is 0 Å². The Morgan fingerprint density at radius 2 is 1.65 bits per heavy atom. The Bertz CT molecular complexity index is 1730. The van der Waals surface area contributed by atoms with Crippen molar-refractivity contribution in [3.05, 3.63) is 77.0 Å². The van der Waals surface area contributed by atoms with Crippen molar-refractivity contribution >= 4 is 44.1 Å². The van der Waals surface area contributed by atoms with Crippen molar-refractivity contribution < 1.29 is 4.57 Å². The Labute approximate surface area is 225 Å². The number of hydrogen-bond donors (Lipinski definition) is 0. The van der Waals surface area contributed by atoms with E-state index in [2.05, 4.69) is 115 Å². The first kappa shape index (κ1) is 24.5. The molecule has 0 saturated carbocycles. The van der Waals surface area contributed by atoms with Gasteiger partial charge in [-0.15, -0.1) is 0 Å². The number of aromatic nitrogens is 1. The lowest BCUT2D eigenvalue weighted by molar-refractivity contribution is -0.659. The molecule has 0 unspecified atom stereocenters. The first-order valence-corrected chi connectivity index (χ1v) is 14.5. The average molecular weight is 505 g/mol. The lowest BCUT2D eigenvalue weighted by Gasteiger charge is -2.28. The number of aryl methyl sites for hydroxylation is 3. The fourth-order valence-electron chi connectivity index (χ4n) is 6.37. The van der Waals surface area contributed by atoms with Gasteiger partial charge < -0.3 is 0 Å². The molecule has 0 bridgehead atoms. The molecule has 37 heavy (non-hydrogen) atoms. The molecule has 1 aromatic heterocycles. The molecule has 0 saturated heterocycles. The summed E-state index contributed by atoms with van der Waals surface area (Å²) >= 11 is 2.01. The number of pyridine rings is 1. The quantitative estimate of drug-likeness (QED) is 0.171. The normalized spacial score (nSPS) is 13.2. The van der Waals surface area contributed by atoms with E-state index in [1.807, 2.05) is 11.8 Å². The van der Waals surface area contributed by atoms with Crippen LogP contribution in [0.4, 0.5) is 0 Å². The lowest BCUT2D eigenvalue weighted by Crippen LogP contribution is -2.32. The van der Waals surface area contributed by atoms with Crippen LogP contribution in [-0.2, 0) is 19.9 Å². The van der Waals surface area contributed by atoms with Crippen molar-refractivity contribution in [1.82, 2.24) is 0 Å². The molecule has 1 aliphatic heterocycles. The SMILES string of the molecule is Cc1ccc2c(CC(C)(C)C)c3c(c(C)c2c1)-c1c2c(cc4c(CC(C)C)cccc4c2cc[n+]1C)S3. The van der Waals surface area contributed by atoms with Crippen LogP contribution in [0.3, 0.4) is 0 Å². The fourth-order valence-corrected chi connectivity index (χ4v) is 7.73. The molecule has 1 nitrogen and oxygen atoms in total. The molecule has 2 heteroatoms. The van der Waals surface area contributed by atoms with Gasteiger partial charge >= 0.3 is 0 Å². The van der Waals surface area contributed by atoms with Crippen molar-refractivity contribution in [3.63, 3.8) is 0 Å². The molecule has 0 fully saturated rings. The minimum absolute atomic E-state index is 0.198. The predicted octanol–water partition coefficient (Wildman–Crippen LogP) is 9.51. The number of rotatable bonds is 3. The summed E-state index contributed by atoms with van der Waals surface area (Å²) in [6.07, 6.45) is 4.44. The van der Waals surface area contributed by atoms with E-state index in [0.717, 1.165) is 12.8 Å². The number of benzene rings is 4. The second-order valence-electron chi connectivity index (χ2n) is 12.7. The Kier molecular flexibility index (Phi) is 5.69. The van der Waals surface area contributed by atoms with Gasteiger partial charge in [0.1, 0.15) is 7.05 Å². The summed E-state index contributed by atoms with van der Waals surface area (Å²) in [5.41, 5.74) is 8.70. The average Bonchev–Trinajstić information content (AvgIpc) is 2.82. The number of hydrogen-bond acceptors (Lipinski definition) is 1. The monoisotopic (exact) mass is 504 g/mol. The van der Waals surface area contributed by atoms with Crippen LogP contribution in [0.2, 0.25) is 0 Å². The molecular formula is C35H38NS+. The summed E-state index contributed by atoms with van der Waals surface area (Å²) < 4.78 is 2.36. The van der Waals surface area contributed by atoms with E-state index in [4.69, 9.17) is 0 Å². The van der Waals surface area contributed by atoms with Crippen molar-refractivity contribution in [2.75, 3.05) is 0 Å². The maximum absolute atomic E-state index is 2.50. The molecule has 0 N–H and O–H groups in total. The highest BCUT2D eigenvalue weighted by Crippen LogP contribution is 2.53. The third-order valence-electron chi connectivity index (χ3n) is 7.90. The van der Waals surface area contributed by atoms with Crippen LogP contribution in [0.15, 0.2) is 64.5 Å². The van der Waals surface area contributed by atoms with E-state index >= 15 is 0 Å². The standard InChI is InChI=1S/C35H38NS/c1-20(2)16-23-10-9-11-24-26-14-15-36(8)33-31-22(4)27-17-21(3)12-13-25(27)29(19-35(5,6)7)34(31)37-30(32(26)33)18-28(23)24/h9-15,17-18,20H,16,19H2,1-8H3/q+1. The van der Waals surface area contributed by atoms with Crippen LogP contribution < -0.4 is 4.57 Å². The molecule has 6 rings (SSSR count). The summed E-state index contributed by atoms with van der Waals surface area (Å²) in [4.78, 5) is 2.86. The molecule has 0 amide bonds. The van der Waals surface area contributed by atoms with E-state index in [0.29, 0.717) is 5.92 Å². The van der Waals surface area contributed by atoms with Crippen LogP contribution in [0.25, 0.3) is 43.6 Å². The van der Waals surface area contributed by atoms with E-state index in [1.54, 1.807) is 0 Å². The smallest absolute Gasteiger partial charge is 0.200 e. The predicted molar refractivity (Wildman–Crippen MR) is 161 cm³/mol. The molecule has 5 aromatic rings. The second-order valence-corrected chi connectivity index (χ2v) is 13.8. The van der Waals surface area contributed by atoms with Gasteiger partial charge in [-0.25, -0.2) is 4.57 Å². The minimum atomic E-state index is 0.198. The molecule has 4 aromatic carbocycles. The largest absolute Gasteiger partial charge is 0.222 e. The Morgan fingerprint density at radius 3 is 2.38 bits per heavy atom. The van der Waals surface area contributed by atoms with Gasteiger partial charge in [-0.05, 0) is 82.3 Å². The minimum Gasteiger partial charge on any atom is -0.200 e. The van der Waals surface area contributed by atoms with Gasteiger partial charge in [-0.1, -0.05) is 88.3 Å². The van der Waals surface area contributed by atoms with Gasteiger partial charge in [0.15, 0.2) is 6.20 Å². The summed E-state index contributed by atoms with van der Waals surface area (Å²) in [5, 5.41) is 8.41. The highest BCUT2D eigenvalue weighted by molar-refractivity contribution is 8.00. The van der Waals surface area contributed by atoms with E-state index in [9.17, 15) is 0 Å². The maximum Gasteiger partial charge on any atom is 0.222 e. The lowest BCUT2D eigenvalue weighted by atomic mass is 9.82. The van der Waals surface area contributed by atoms with E-state index in [-0.39, 0.29) is 5.41 Å². The number of fused-ring (bicyclic) bond motifs is 5. The third-order valence-corrected chi connectivity index (χ3v) is 9.09. The Hall–Kier alpha value is -2.84. The Morgan fingerprint density at radius 1 is 0.865 bits per heavy atom. The number of nitrogens with zero attached hydrogens (tertiary/aromatic N) is 1. The van der Waals surface area contributed by atoms with Crippen LogP contribution in [0, 0.1) is 25.2 Å². The summed E-state index contributed by atoms with van der Waals surface area (Å²) in [7, 11) is 2.22.